The average molecular weight is 385 g/mol. The molecule has 2 fully saturated rings. The quantitative estimate of drug-likeness (QED) is 0.698. The number of carbonyl (C=O) groups excluding carboxylic acids is 3. The van der Waals surface area contributed by atoms with Gasteiger partial charge in [-0.25, -0.2) is 0 Å². The number of hydrogen-bond acceptors (Lipinski definition) is 4. The van der Waals surface area contributed by atoms with Crippen molar-refractivity contribution >= 4 is 23.4 Å². The predicted octanol–water partition coefficient (Wildman–Crippen LogP) is 1.58. The van der Waals surface area contributed by atoms with Gasteiger partial charge in [-0.05, 0) is 43.7 Å². The topological polar surface area (TPSA) is 87.7 Å². The predicted molar refractivity (Wildman–Crippen MR) is 104 cm³/mol. The Balaban J connectivity index is 1.42. The largest absolute Gasteiger partial charge is 0.382 e. The van der Waals surface area contributed by atoms with Crippen molar-refractivity contribution in [1.29, 1.82) is 0 Å². The van der Waals surface area contributed by atoms with Crippen LogP contribution in [0.2, 0.25) is 0 Å². The lowest BCUT2D eigenvalue weighted by Crippen LogP contribution is -2.52. The Bertz CT molecular complexity index is 809. The second kappa shape index (κ2) is 7.54. The van der Waals surface area contributed by atoms with Crippen LogP contribution in [0.5, 0.6) is 0 Å². The molecule has 2 atom stereocenters. The number of benzene rings is 1. The fraction of sp³-hybridized carbons (Fsp3) is 0.571. The molecule has 4 rings (SSSR count). The Kier molecular flexibility index (Phi) is 5.10. The molecule has 0 spiro atoms. The molecule has 1 aliphatic carbocycles. The van der Waals surface area contributed by atoms with Gasteiger partial charge in [-0.2, -0.15) is 0 Å². The normalized spacial score (nSPS) is 25.0. The Labute approximate surface area is 164 Å². The van der Waals surface area contributed by atoms with Crippen LogP contribution in [0.3, 0.4) is 0 Å². The summed E-state index contributed by atoms with van der Waals surface area (Å²) < 4.78 is 5.31. The number of hydrogen-bond donors (Lipinski definition) is 2. The second-order valence-corrected chi connectivity index (χ2v) is 7.95. The van der Waals surface area contributed by atoms with Crippen molar-refractivity contribution in [2.75, 3.05) is 38.2 Å². The van der Waals surface area contributed by atoms with E-state index in [4.69, 9.17) is 4.74 Å². The number of rotatable bonds is 7. The number of likely N-dealkylation sites (tertiary alicyclic amines) is 1. The van der Waals surface area contributed by atoms with Gasteiger partial charge in [0.15, 0.2) is 0 Å². The summed E-state index contributed by atoms with van der Waals surface area (Å²) in [6.07, 6.45) is 2.90. The lowest BCUT2D eigenvalue weighted by atomic mass is 9.61. The molecule has 1 aromatic carbocycles. The molecule has 1 saturated carbocycles. The van der Waals surface area contributed by atoms with Crippen LogP contribution < -0.4 is 10.6 Å². The van der Waals surface area contributed by atoms with E-state index in [2.05, 4.69) is 10.6 Å². The van der Waals surface area contributed by atoms with Gasteiger partial charge in [0.2, 0.25) is 11.8 Å². The summed E-state index contributed by atoms with van der Waals surface area (Å²) in [7, 11) is 0. The van der Waals surface area contributed by atoms with E-state index in [1.165, 1.54) is 0 Å². The number of nitrogens with zero attached hydrogens (tertiary/aromatic N) is 1. The summed E-state index contributed by atoms with van der Waals surface area (Å²) in [6.45, 7) is 4.92. The molecule has 7 heteroatoms. The van der Waals surface area contributed by atoms with E-state index < -0.39 is 5.41 Å². The molecule has 28 heavy (non-hydrogen) atoms. The van der Waals surface area contributed by atoms with E-state index in [9.17, 15) is 14.4 Å². The number of ether oxygens (including phenoxy) is 1. The van der Waals surface area contributed by atoms with Gasteiger partial charge in [-0.15, -0.1) is 0 Å². The Morgan fingerprint density at radius 3 is 3.00 bits per heavy atom. The summed E-state index contributed by atoms with van der Waals surface area (Å²) >= 11 is 0. The molecule has 150 valence electrons. The van der Waals surface area contributed by atoms with Crippen molar-refractivity contribution < 1.29 is 19.1 Å². The molecule has 1 saturated heterocycles. The van der Waals surface area contributed by atoms with Crippen molar-refractivity contribution in [3.05, 3.63) is 29.3 Å². The van der Waals surface area contributed by atoms with Crippen LogP contribution >= 0.6 is 0 Å². The van der Waals surface area contributed by atoms with Gasteiger partial charge in [0.05, 0.1) is 23.1 Å². The van der Waals surface area contributed by atoms with Crippen molar-refractivity contribution in [3.8, 4) is 0 Å². The Hall–Kier alpha value is -2.41. The molecular weight excluding hydrogens is 358 g/mol. The number of nitrogens with one attached hydrogen (secondary N) is 2. The lowest BCUT2D eigenvalue weighted by molar-refractivity contribution is -0.138. The van der Waals surface area contributed by atoms with Crippen LogP contribution in [0.25, 0.3) is 0 Å². The zero-order valence-electron chi connectivity index (χ0n) is 16.3. The van der Waals surface area contributed by atoms with E-state index in [0.29, 0.717) is 50.5 Å². The van der Waals surface area contributed by atoms with Crippen LogP contribution in [0.15, 0.2) is 18.2 Å². The Morgan fingerprint density at radius 1 is 1.39 bits per heavy atom. The van der Waals surface area contributed by atoms with Gasteiger partial charge in [-0.1, -0.05) is 12.1 Å². The first-order valence-corrected chi connectivity index (χ1v) is 10.1. The van der Waals surface area contributed by atoms with E-state index >= 15 is 0 Å². The van der Waals surface area contributed by atoms with Crippen LogP contribution in [-0.4, -0.2) is 55.5 Å². The highest BCUT2D eigenvalue weighted by Gasteiger charge is 2.58. The first-order valence-electron chi connectivity index (χ1n) is 10.1. The minimum atomic E-state index is -0.456. The highest BCUT2D eigenvalue weighted by atomic mass is 16.5. The maximum Gasteiger partial charge on any atom is 0.256 e. The average Bonchev–Trinajstić information content (AvgIpc) is 3.18. The fourth-order valence-corrected chi connectivity index (χ4v) is 4.66. The standard InChI is InChI=1S/C21H27N3O4/c1-2-28-10-4-9-22-20(27)21-8-7-15(21)12-24(13-21)19(26)16-6-3-5-14-11-17(25)23-18(14)16/h3,5-6,15H,2,4,7-13H2,1H3,(H,22,27)(H,23,25). The molecular formula is C21H27N3O4. The highest BCUT2D eigenvalue weighted by Crippen LogP contribution is 2.52. The minimum absolute atomic E-state index is 0.0575. The number of carbonyl (C=O) groups is 3. The smallest absolute Gasteiger partial charge is 0.256 e. The first kappa shape index (κ1) is 18.9. The molecule has 3 amide bonds. The molecule has 2 N–H and O–H groups in total. The highest BCUT2D eigenvalue weighted by molar-refractivity contribution is 6.09. The molecule has 0 radical (unpaired) electrons. The van der Waals surface area contributed by atoms with E-state index in [0.717, 1.165) is 24.8 Å². The third-order valence-electron chi connectivity index (χ3n) is 6.33. The third kappa shape index (κ3) is 3.17. The number of fused-ring (bicyclic) bond motifs is 2. The van der Waals surface area contributed by atoms with Gasteiger partial charge in [0.25, 0.3) is 5.91 Å². The molecule has 3 aliphatic rings. The van der Waals surface area contributed by atoms with Gasteiger partial charge in [-0.3, -0.25) is 14.4 Å². The molecule has 1 aromatic rings. The number of para-hydroxylation sites is 1. The van der Waals surface area contributed by atoms with Crippen LogP contribution in [0.4, 0.5) is 5.69 Å². The zero-order valence-corrected chi connectivity index (χ0v) is 16.3. The summed E-state index contributed by atoms with van der Waals surface area (Å²) in [5.41, 5.74) is 1.56. The van der Waals surface area contributed by atoms with Crippen LogP contribution in [0, 0.1) is 11.3 Å². The molecule has 7 nitrogen and oxygen atoms in total. The molecule has 2 aliphatic heterocycles. The van der Waals surface area contributed by atoms with Crippen molar-refractivity contribution in [1.82, 2.24) is 10.2 Å². The second-order valence-electron chi connectivity index (χ2n) is 7.95. The SMILES string of the molecule is CCOCCCNC(=O)C12CCC1CN(C(=O)c1cccc3c1NC(=O)C3)C2. The lowest BCUT2D eigenvalue weighted by Gasteiger charge is -2.42. The molecule has 0 aromatic heterocycles. The zero-order chi connectivity index (χ0) is 19.7. The third-order valence-corrected chi connectivity index (χ3v) is 6.33. The van der Waals surface area contributed by atoms with Crippen LogP contribution in [-0.2, 0) is 20.7 Å². The monoisotopic (exact) mass is 385 g/mol. The Morgan fingerprint density at radius 2 is 2.25 bits per heavy atom. The van der Waals surface area contributed by atoms with E-state index in [1.54, 1.807) is 11.0 Å². The van der Waals surface area contributed by atoms with Gasteiger partial charge in [0, 0.05) is 32.8 Å². The molecule has 0 bridgehead atoms. The summed E-state index contributed by atoms with van der Waals surface area (Å²) in [5.74, 6) is 0.0912. The molecule has 2 heterocycles. The van der Waals surface area contributed by atoms with Gasteiger partial charge >= 0.3 is 0 Å². The van der Waals surface area contributed by atoms with Crippen molar-refractivity contribution in [2.45, 2.75) is 32.6 Å². The van der Waals surface area contributed by atoms with E-state index in [1.807, 2.05) is 19.1 Å². The van der Waals surface area contributed by atoms with Crippen molar-refractivity contribution in [3.63, 3.8) is 0 Å². The fourth-order valence-electron chi connectivity index (χ4n) is 4.66. The van der Waals surface area contributed by atoms with Crippen molar-refractivity contribution in [2.24, 2.45) is 11.3 Å². The maximum absolute atomic E-state index is 13.2. The summed E-state index contributed by atoms with van der Waals surface area (Å²) in [5, 5.41) is 5.85. The van der Waals surface area contributed by atoms with Gasteiger partial charge in [0.1, 0.15) is 0 Å². The van der Waals surface area contributed by atoms with Gasteiger partial charge < -0.3 is 20.3 Å². The minimum Gasteiger partial charge on any atom is -0.382 e. The number of amides is 3. The summed E-state index contributed by atoms with van der Waals surface area (Å²) in [4.78, 5) is 39.5. The molecule has 2 unspecified atom stereocenters. The van der Waals surface area contributed by atoms with E-state index in [-0.39, 0.29) is 23.6 Å². The summed E-state index contributed by atoms with van der Waals surface area (Å²) in [6, 6.07) is 5.44. The first-order chi connectivity index (χ1) is 13.5. The maximum atomic E-state index is 13.2. The number of anilines is 1. The van der Waals surface area contributed by atoms with Crippen LogP contribution in [0.1, 0.15) is 42.1 Å².